The molecule has 0 aliphatic rings. The lowest BCUT2D eigenvalue weighted by Gasteiger charge is -2.06. The van der Waals surface area contributed by atoms with Gasteiger partial charge in [0, 0.05) is 0 Å². The molecule has 1 aromatic heterocycles. The Bertz CT molecular complexity index is 271. The molecule has 1 atom stereocenters. The lowest BCUT2D eigenvalue weighted by Crippen LogP contribution is -2.16. The monoisotopic (exact) mass is 218 g/mol. The minimum Gasteiger partial charge on any atom is -0.480 e. The number of carboxylic acid groups (broad SMARTS) is 1. The van der Waals surface area contributed by atoms with Gasteiger partial charge in [-0.05, 0) is 28.9 Å². The van der Waals surface area contributed by atoms with Gasteiger partial charge in [-0.2, -0.15) is 5.10 Å². The second-order valence-corrected chi connectivity index (χ2v) is 2.93. The summed E-state index contributed by atoms with van der Waals surface area (Å²) in [6.45, 7) is 1.57. The van der Waals surface area contributed by atoms with Crippen molar-refractivity contribution in [2.24, 2.45) is 0 Å². The maximum atomic E-state index is 10.5. The minimum atomic E-state index is -0.894. The van der Waals surface area contributed by atoms with Gasteiger partial charge in [0.05, 0.1) is 6.20 Å². The molecular weight excluding hydrogens is 212 g/mol. The average molecular weight is 219 g/mol. The first kappa shape index (κ1) is 8.26. The van der Waals surface area contributed by atoms with Gasteiger partial charge < -0.3 is 5.11 Å². The summed E-state index contributed by atoms with van der Waals surface area (Å²) in [7, 11) is 0. The molecule has 0 aliphatic heterocycles. The molecule has 0 bridgehead atoms. The normalized spacial score (nSPS) is 12.9. The molecule has 1 aromatic rings. The standard InChI is InChI=1S/C6H7BrN2O2/c1-4(6(10)11)9-5(7)2-3-8-9/h2-4H,1H3,(H,10,11)/t4-/m0/s1. The Morgan fingerprint density at radius 3 is 2.91 bits per heavy atom. The van der Waals surface area contributed by atoms with E-state index in [9.17, 15) is 4.79 Å². The van der Waals surface area contributed by atoms with Crippen molar-refractivity contribution >= 4 is 21.9 Å². The second-order valence-electron chi connectivity index (χ2n) is 2.11. The molecule has 0 unspecified atom stereocenters. The summed E-state index contributed by atoms with van der Waals surface area (Å²) in [5.74, 6) is -0.894. The van der Waals surface area contributed by atoms with Crippen LogP contribution in [0.2, 0.25) is 0 Å². The molecular formula is C6H7BrN2O2. The third kappa shape index (κ3) is 1.59. The van der Waals surface area contributed by atoms with Crippen molar-refractivity contribution in [3.8, 4) is 0 Å². The first-order chi connectivity index (χ1) is 5.13. The average Bonchev–Trinajstić information content (AvgIpc) is 2.33. The van der Waals surface area contributed by atoms with E-state index in [1.165, 1.54) is 4.68 Å². The van der Waals surface area contributed by atoms with Crippen molar-refractivity contribution in [1.29, 1.82) is 0 Å². The van der Waals surface area contributed by atoms with Crippen LogP contribution in [0.15, 0.2) is 16.9 Å². The Morgan fingerprint density at radius 2 is 2.55 bits per heavy atom. The summed E-state index contributed by atoms with van der Waals surface area (Å²) in [6.07, 6.45) is 1.55. The molecule has 60 valence electrons. The highest BCUT2D eigenvalue weighted by Gasteiger charge is 2.15. The van der Waals surface area contributed by atoms with Gasteiger partial charge in [0.15, 0.2) is 0 Å². The van der Waals surface area contributed by atoms with Gasteiger partial charge in [-0.1, -0.05) is 0 Å². The molecule has 0 fully saturated rings. The molecule has 0 aromatic carbocycles. The van der Waals surface area contributed by atoms with Gasteiger partial charge in [0.1, 0.15) is 10.6 Å². The zero-order chi connectivity index (χ0) is 8.43. The highest BCUT2D eigenvalue weighted by Crippen LogP contribution is 2.14. The number of aromatic nitrogens is 2. The lowest BCUT2D eigenvalue weighted by molar-refractivity contribution is -0.140. The zero-order valence-corrected chi connectivity index (χ0v) is 7.45. The van der Waals surface area contributed by atoms with Crippen molar-refractivity contribution < 1.29 is 9.90 Å². The van der Waals surface area contributed by atoms with E-state index in [4.69, 9.17) is 5.11 Å². The van der Waals surface area contributed by atoms with Gasteiger partial charge in [-0.25, -0.2) is 9.48 Å². The smallest absolute Gasteiger partial charge is 0.328 e. The number of hydrogen-bond donors (Lipinski definition) is 1. The summed E-state index contributed by atoms with van der Waals surface area (Å²) in [5, 5.41) is 12.4. The zero-order valence-electron chi connectivity index (χ0n) is 5.86. The molecule has 1 N–H and O–H groups in total. The van der Waals surface area contributed by atoms with E-state index in [0.717, 1.165) is 0 Å². The molecule has 0 aliphatic carbocycles. The third-order valence-electron chi connectivity index (χ3n) is 1.35. The first-order valence-electron chi connectivity index (χ1n) is 3.04. The number of carboxylic acids is 1. The van der Waals surface area contributed by atoms with E-state index in [1.807, 2.05) is 0 Å². The summed E-state index contributed by atoms with van der Waals surface area (Å²) in [4.78, 5) is 10.5. The topological polar surface area (TPSA) is 55.1 Å². The van der Waals surface area contributed by atoms with E-state index in [2.05, 4.69) is 21.0 Å². The highest BCUT2D eigenvalue weighted by atomic mass is 79.9. The van der Waals surface area contributed by atoms with Crippen LogP contribution in [0.4, 0.5) is 0 Å². The SMILES string of the molecule is C[C@@H](C(=O)O)n1nccc1Br. The molecule has 1 rings (SSSR count). The molecule has 11 heavy (non-hydrogen) atoms. The van der Waals surface area contributed by atoms with Crippen molar-refractivity contribution in [2.45, 2.75) is 13.0 Å². The first-order valence-corrected chi connectivity index (χ1v) is 3.84. The fourth-order valence-corrected chi connectivity index (χ4v) is 1.20. The molecule has 0 saturated carbocycles. The van der Waals surface area contributed by atoms with Crippen molar-refractivity contribution in [1.82, 2.24) is 9.78 Å². The van der Waals surface area contributed by atoms with Crippen LogP contribution in [-0.4, -0.2) is 20.9 Å². The van der Waals surface area contributed by atoms with Crippen LogP contribution in [-0.2, 0) is 4.79 Å². The van der Waals surface area contributed by atoms with Crippen LogP contribution >= 0.6 is 15.9 Å². The van der Waals surface area contributed by atoms with Crippen molar-refractivity contribution in [2.75, 3.05) is 0 Å². The Labute approximate surface area is 72.0 Å². The number of halogens is 1. The van der Waals surface area contributed by atoms with Gasteiger partial charge in [0.2, 0.25) is 0 Å². The lowest BCUT2D eigenvalue weighted by atomic mass is 10.4. The quantitative estimate of drug-likeness (QED) is 0.815. The second kappa shape index (κ2) is 3.04. The van der Waals surface area contributed by atoms with E-state index in [-0.39, 0.29) is 0 Å². The van der Waals surface area contributed by atoms with Crippen LogP contribution < -0.4 is 0 Å². The molecule has 5 heteroatoms. The van der Waals surface area contributed by atoms with E-state index in [0.29, 0.717) is 4.60 Å². The Morgan fingerprint density at radius 1 is 1.91 bits per heavy atom. The summed E-state index contributed by atoms with van der Waals surface area (Å²) in [6, 6.07) is 1.07. The molecule has 0 spiro atoms. The molecule has 4 nitrogen and oxygen atoms in total. The minimum absolute atomic E-state index is 0.626. The van der Waals surface area contributed by atoms with Crippen molar-refractivity contribution in [3.63, 3.8) is 0 Å². The Kier molecular flexibility index (Phi) is 2.28. The van der Waals surface area contributed by atoms with E-state index < -0.39 is 12.0 Å². The largest absolute Gasteiger partial charge is 0.480 e. The maximum absolute atomic E-state index is 10.5. The molecule has 1 heterocycles. The van der Waals surface area contributed by atoms with Crippen LogP contribution in [0.25, 0.3) is 0 Å². The summed E-state index contributed by atoms with van der Waals surface area (Å²) >= 11 is 3.17. The number of nitrogens with zero attached hydrogens (tertiary/aromatic N) is 2. The predicted molar refractivity (Wildman–Crippen MR) is 42.3 cm³/mol. The molecule has 0 amide bonds. The Balaban J connectivity index is 2.92. The van der Waals surface area contributed by atoms with Crippen molar-refractivity contribution in [3.05, 3.63) is 16.9 Å². The molecule has 0 saturated heterocycles. The van der Waals surface area contributed by atoms with Crippen LogP contribution in [0, 0.1) is 0 Å². The summed E-state index contributed by atoms with van der Waals surface area (Å²) in [5.41, 5.74) is 0. The number of aliphatic carboxylic acids is 1. The molecule has 0 radical (unpaired) electrons. The fraction of sp³-hybridized carbons (Fsp3) is 0.333. The van der Waals surface area contributed by atoms with Crippen LogP contribution in [0.1, 0.15) is 13.0 Å². The number of rotatable bonds is 2. The van der Waals surface area contributed by atoms with Crippen LogP contribution in [0.5, 0.6) is 0 Å². The third-order valence-corrected chi connectivity index (χ3v) is 1.97. The highest BCUT2D eigenvalue weighted by molar-refractivity contribution is 9.10. The predicted octanol–water partition coefficient (Wildman–Crippen LogP) is 1.29. The van der Waals surface area contributed by atoms with Gasteiger partial charge in [-0.15, -0.1) is 0 Å². The van der Waals surface area contributed by atoms with Gasteiger partial charge in [0.25, 0.3) is 0 Å². The van der Waals surface area contributed by atoms with Gasteiger partial charge in [-0.3, -0.25) is 0 Å². The number of hydrogen-bond acceptors (Lipinski definition) is 2. The van der Waals surface area contributed by atoms with E-state index >= 15 is 0 Å². The fourth-order valence-electron chi connectivity index (χ4n) is 0.688. The van der Waals surface area contributed by atoms with Gasteiger partial charge >= 0.3 is 5.97 Å². The Hall–Kier alpha value is -0.840. The van der Waals surface area contributed by atoms with Crippen LogP contribution in [0.3, 0.4) is 0 Å². The van der Waals surface area contributed by atoms with E-state index in [1.54, 1.807) is 19.2 Å². The number of carbonyl (C=O) groups is 1. The summed E-state index contributed by atoms with van der Waals surface area (Å²) < 4.78 is 2.06. The maximum Gasteiger partial charge on any atom is 0.328 e.